The molecule has 1 aromatic carbocycles. The molecule has 0 bridgehead atoms. The van der Waals surface area contributed by atoms with Gasteiger partial charge in [0.25, 0.3) is 5.91 Å². The first-order valence-electron chi connectivity index (χ1n) is 6.67. The maximum absolute atomic E-state index is 11.8. The largest absolute Gasteiger partial charge is 0.504 e. The number of hydrogen-bond acceptors (Lipinski definition) is 4. The molecule has 0 unspecified atom stereocenters. The average Bonchev–Trinajstić information content (AvgIpc) is 2.49. The van der Waals surface area contributed by atoms with Crippen LogP contribution in [0.4, 0.5) is 0 Å². The van der Waals surface area contributed by atoms with Gasteiger partial charge < -0.3 is 19.9 Å². The minimum atomic E-state index is -0.171. The summed E-state index contributed by atoms with van der Waals surface area (Å²) in [6.07, 6.45) is 4.33. The van der Waals surface area contributed by atoms with Gasteiger partial charge in [0.05, 0.1) is 13.7 Å². The number of carbonyl (C=O) groups excluding carboxylic acids is 1. The first-order chi connectivity index (χ1) is 9.70. The van der Waals surface area contributed by atoms with Gasteiger partial charge in [-0.3, -0.25) is 4.79 Å². The van der Waals surface area contributed by atoms with Crippen molar-refractivity contribution in [3.05, 3.63) is 35.6 Å². The van der Waals surface area contributed by atoms with E-state index < -0.39 is 0 Å². The van der Waals surface area contributed by atoms with E-state index in [1.165, 1.54) is 7.11 Å². The minimum Gasteiger partial charge on any atom is -0.504 e. The maximum Gasteiger partial charge on any atom is 0.286 e. The van der Waals surface area contributed by atoms with Gasteiger partial charge in [0, 0.05) is 6.54 Å². The third kappa shape index (κ3) is 3.66. The van der Waals surface area contributed by atoms with Crippen LogP contribution in [0.5, 0.6) is 11.5 Å². The van der Waals surface area contributed by atoms with Crippen molar-refractivity contribution >= 4 is 5.91 Å². The zero-order valence-corrected chi connectivity index (χ0v) is 11.5. The molecule has 5 nitrogen and oxygen atoms in total. The quantitative estimate of drug-likeness (QED) is 0.860. The molecule has 108 valence electrons. The van der Waals surface area contributed by atoms with Crippen molar-refractivity contribution in [2.45, 2.75) is 19.3 Å². The third-order valence-electron chi connectivity index (χ3n) is 3.10. The first-order valence-corrected chi connectivity index (χ1v) is 6.67. The molecule has 0 fully saturated rings. The SMILES string of the molecule is COc1cc(CCNC(=O)C2=CCCCO2)ccc1O. The molecule has 0 saturated heterocycles. The zero-order valence-electron chi connectivity index (χ0n) is 11.5. The molecular formula is C15H19NO4. The highest BCUT2D eigenvalue weighted by Crippen LogP contribution is 2.26. The normalized spacial score (nSPS) is 14.2. The van der Waals surface area contributed by atoms with Gasteiger partial charge in [-0.2, -0.15) is 0 Å². The summed E-state index contributed by atoms with van der Waals surface area (Å²) < 4.78 is 10.3. The lowest BCUT2D eigenvalue weighted by molar-refractivity contribution is -0.121. The van der Waals surface area contributed by atoms with E-state index in [4.69, 9.17) is 9.47 Å². The van der Waals surface area contributed by atoms with Crippen LogP contribution in [0.25, 0.3) is 0 Å². The fourth-order valence-corrected chi connectivity index (χ4v) is 2.00. The topological polar surface area (TPSA) is 67.8 Å². The molecule has 1 heterocycles. The predicted octanol–water partition coefficient (Wildman–Crippen LogP) is 1.75. The smallest absolute Gasteiger partial charge is 0.286 e. The Kier molecular flexibility index (Phi) is 4.87. The molecule has 0 atom stereocenters. The van der Waals surface area contributed by atoms with Gasteiger partial charge in [-0.15, -0.1) is 0 Å². The van der Waals surface area contributed by atoms with E-state index in [2.05, 4.69) is 5.32 Å². The Balaban J connectivity index is 1.83. The van der Waals surface area contributed by atoms with E-state index in [1.807, 2.05) is 6.08 Å². The summed E-state index contributed by atoms with van der Waals surface area (Å²) in [5.74, 6) is 0.795. The van der Waals surface area contributed by atoms with Crippen LogP contribution < -0.4 is 10.1 Å². The molecule has 0 saturated carbocycles. The second-order valence-electron chi connectivity index (χ2n) is 4.57. The van der Waals surface area contributed by atoms with Crippen molar-refractivity contribution < 1.29 is 19.4 Å². The Hall–Kier alpha value is -2.17. The van der Waals surface area contributed by atoms with E-state index in [9.17, 15) is 9.90 Å². The van der Waals surface area contributed by atoms with E-state index in [0.717, 1.165) is 18.4 Å². The van der Waals surface area contributed by atoms with Gasteiger partial charge in [0.2, 0.25) is 0 Å². The number of ether oxygens (including phenoxy) is 2. The van der Waals surface area contributed by atoms with Gasteiger partial charge in [-0.25, -0.2) is 0 Å². The third-order valence-corrected chi connectivity index (χ3v) is 3.10. The minimum absolute atomic E-state index is 0.112. The van der Waals surface area contributed by atoms with Crippen molar-refractivity contribution in [3.63, 3.8) is 0 Å². The van der Waals surface area contributed by atoms with Crippen molar-refractivity contribution in [1.29, 1.82) is 0 Å². The number of aromatic hydroxyl groups is 1. The fraction of sp³-hybridized carbons (Fsp3) is 0.400. The van der Waals surface area contributed by atoms with Crippen LogP contribution >= 0.6 is 0 Å². The van der Waals surface area contributed by atoms with Crippen LogP contribution in [-0.4, -0.2) is 31.3 Å². The van der Waals surface area contributed by atoms with Crippen LogP contribution in [0.15, 0.2) is 30.0 Å². The van der Waals surface area contributed by atoms with E-state index in [1.54, 1.807) is 18.2 Å². The monoisotopic (exact) mass is 277 g/mol. The average molecular weight is 277 g/mol. The van der Waals surface area contributed by atoms with Gasteiger partial charge in [0.15, 0.2) is 17.3 Å². The van der Waals surface area contributed by atoms with Crippen LogP contribution in [0, 0.1) is 0 Å². The molecule has 1 amide bonds. The number of benzene rings is 1. The van der Waals surface area contributed by atoms with E-state index >= 15 is 0 Å². The number of hydrogen-bond donors (Lipinski definition) is 2. The summed E-state index contributed by atoms with van der Waals surface area (Å²) >= 11 is 0. The molecule has 1 aromatic rings. The molecular weight excluding hydrogens is 258 g/mol. The van der Waals surface area contributed by atoms with Gasteiger partial charge in [-0.05, 0) is 43.0 Å². The summed E-state index contributed by atoms with van der Waals surface area (Å²) in [6.45, 7) is 1.11. The predicted molar refractivity (Wildman–Crippen MR) is 74.6 cm³/mol. The Morgan fingerprint density at radius 1 is 1.50 bits per heavy atom. The summed E-state index contributed by atoms with van der Waals surface area (Å²) in [7, 11) is 1.51. The Morgan fingerprint density at radius 3 is 3.05 bits per heavy atom. The molecule has 1 aliphatic rings. The van der Waals surface area contributed by atoms with Gasteiger partial charge in [0.1, 0.15) is 0 Å². The number of methoxy groups -OCH3 is 1. The second-order valence-corrected chi connectivity index (χ2v) is 4.57. The lowest BCUT2D eigenvalue weighted by atomic mass is 10.1. The molecule has 0 spiro atoms. The molecule has 2 rings (SSSR count). The standard InChI is InChI=1S/C15H19NO4/c1-19-14-10-11(5-6-12(14)17)7-8-16-15(18)13-4-2-3-9-20-13/h4-6,10,17H,2-3,7-9H2,1H3,(H,16,18). The zero-order chi connectivity index (χ0) is 14.4. The van der Waals surface area contributed by atoms with Crippen LogP contribution in [0.3, 0.4) is 0 Å². The maximum atomic E-state index is 11.8. The van der Waals surface area contributed by atoms with Crippen LogP contribution in [0.1, 0.15) is 18.4 Å². The van der Waals surface area contributed by atoms with Crippen molar-refractivity contribution in [2.75, 3.05) is 20.3 Å². The Labute approximate surface area is 118 Å². The Bertz CT molecular complexity index is 511. The number of nitrogens with one attached hydrogen (secondary N) is 1. The summed E-state index contributed by atoms with van der Waals surface area (Å²) in [5.41, 5.74) is 0.985. The van der Waals surface area contributed by atoms with Crippen LogP contribution in [0.2, 0.25) is 0 Å². The molecule has 0 aliphatic carbocycles. The Morgan fingerprint density at radius 2 is 2.35 bits per heavy atom. The number of carbonyl (C=O) groups is 1. The molecule has 1 aliphatic heterocycles. The van der Waals surface area contributed by atoms with E-state index in [-0.39, 0.29) is 11.7 Å². The van der Waals surface area contributed by atoms with Crippen molar-refractivity contribution in [3.8, 4) is 11.5 Å². The van der Waals surface area contributed by atoms with Gasteiger partial charge in [-0.1, -0.05) is 6.07 Å². The molecule has 5 heteroatoms. The summed E-state index contributed by atoms with van der Waals surface area (Å²) in [6, 6.07) is 5.15. The summed E-state index contributed by atoms with van der Waals surface area (Å²) in [5, 5.41) is 12.3. The summed E-state index contributed by atoms with van der Waals surface area (Å²) in [4.78, 5) is 11.8. The lowest BCUT2D eigenvalue weighted by Crippen LogP contribution is -2.29. The lowest BCUT2D eigenvalue weighted by Gasteiger charge is -2.14. The van der Waals surface area contributed by atoms with Crippen molar-refractivity contribution in [1.82, 2.24) is 5.32 Å². The molecule has 20 heavy (non-hydrogen) atoms. The highest BCUT2D eigenvalue weighted by molar-refractivity contribution is 5.91. The van der Waals surface area contributed by atoms with Gasteiger partial charge >= 0.3 is 0 Å². The highest BCUT2D eigenvalue weighted by Gasteiger charge is 2.13. The number of allylic oxidation sites excluding steroid dienone is 1. The van der Waals surface area contributed by atoms with E-state index in [0.29, 0.717) is 31.1 Å². The molecule has 0 aromatic heterocycles. The first kappa shape index (κ1) is 14.2. The molecule has 0 radical (unpaired) electrons. The number of phenolic OH excluding ortho intramolecular Hbond substituents is 1. The number of phenols is 1. The number of amides is 1. The number of rotatable bonds is 5. The van der Waals surface area contributed by atoms with Crippen molar-refractivity contribution in [2.24, 2.45) is 0 Å². The molecule has 2 N–H and O–H groups in total. The van der Waals surface area contributed by atoms with Crippen LogP contribution in [-0.2, 0) is 16.0 Å². The highest BCUT2D eigenvalue weighted by atomic mass is 16.5. The fourth-order valence-electron chi connectivity index (χ4n) is 2.00. The second kappa shape index (κ2) is 6.84.